The molecule has 2 N–H and O–H groups in total. The molecule has 0 unspecified atom stereocenters. The maximum atomic E-state index is 13.8. The van der Waals surface area contributed by atoms with Crippen molar-refractivity contribution in [3.63, 3.8) is 0 Å². The van der Waals surface area contributed by atoms with E-state index in [1.807, 2.05) is 40.5 Å². The zero-order chi connectivity index (χ0) is 30.8. The maximum absolute atomic E-state index is 13.8. The molecule has 4 aromatic rings. The molecule has 3 aliphatic heterocycles. The van der Waals surface area contributed by atoms with Gasteiger partial charge in [0.15, 0.2) is 5.88 Å². The fourth-order valence-electron chi connectivity index (χ4n) is 8.40. The Bertz CT molecular complexity index is 2010. The lowest BCUT2D eigenvalue weighted by atomic mass is 9.97. The van der Waals surface area contributed by atoms with Crippen molar-refractivity contribution in [2.75, 3.05) is 18.0 Å². The van der Waals surface area contributed by atoms with Gasteiger partial charge in [-0.15, -0.1) is 0 Å². The Kier molecular flexibility index (Phi) is 5.80. The molecule has 2 saturated carbocycles. The Morgan fingerprint density at radius 1 is 1.09 bits per heavy atom. The Hall–Kier alpha value is -3.64. The molecule has 5 fully saturated rings. The van der Waals surface area contributed by atoms with Crippen LogP contribution in [0.4, 0.5) is 5.82 Å². The normalized spacial score (nSPS) is 26.4. The summed E-state index contributed by atoms with van der Waals surface area (Å²) in [6.07, 6.45) is 8.21. The van der Waals surface area contributed by atoms with Gasteiger partial charge in [0.2, 0.25) is 10.0 Å². The lowest BCUT2D eigenvalue weighted by molar-refractivity contribution is 0.0726. The summed E-state index contributed by atoms with van der Waals surface area (Å²) in [6.45, 7) is 3.28. The highest BCUT2D eigenvalue weighted by Crippen LogP contribution is 2.52. The van der Waals surface area contributed by atoms with Gasteiger partial charge in [0.05, 0.1) is 23.2 Å². The first-order valence-corrected chi connectivity index (χ1v) is 17.8. The molecular weight excluding hydrogens is 590 g/mol. The van der Waals surface area contributed by atoms with Crippen LogP contribution in [0.2, 0.25) is 0 Å². The quantitative estimate of drug-likeness (QED) is 0.338. The lowest BCUT2D eigenvalue weighted by Gasteiger charge is -2.33. The first-order chi connectivity index (χ1) is 21.7. The van der Waals surface area contributed by atoms with Gasteiger partial charge in [0.25, 0.3) is 5.91 Å². The SMILES string of the molecule is COc1cc(C(=O)N2[C@H]3CC[C@@H]2[C@H](N)C3)cc2nc(-c3cc4ccc(N5CCCC6(CC6)S5(=O)=O)nc4n3CC3CC3)c(C)n12. The monoisotopic (exact) mass is 629 g/mol. The van der Waals surface area contributed by atoms with Crippen molar-refractivity contribution in [2.24, 2.45) is 11.7 Å². The highest BCUT2D eigenvalue weighted by molar-refractivity contribution is 7.94. The smallest absolute Gasteiger partial charge is 0.254 e. The number of carbonyl (C=O) groups is 1. The molecule has 1 spiro atoms. The molecule has 3 atom stereocenters. The van der Waals surface area contributed by atoms with E-state index < -0.39 is 14.8 Å². The molecule has 5 aliphatic rings. The van der Waals surface area contributed by atoms with Crippen LogP contribution in [0.3, 0.4) is 0 Å². The number of carbonyl (C=O) groups excluding carboxylic acids is 1. The van der Waals surface area contributed by atoms with Gasteiger partial charge in [-0.3, -0.25) is 13.5 Å². The Morgan fingerprint density at radius 3 is 2.60 bits per heavy atom. The zero-order valence-corrected chi connectivity index (χ0v) is 26.6. The zero-order valence-electron chi connectivity index (χ0n) is 25.8. The second-order valence-electron chi connectivity index (χ2n) is 14.0. The van der Waals surface area contributed by atoms with Crippen molar-refractivity contribution in [3.05, 3.63) is 41.6 Å². The van der Waals surface area contributed by atoms with Crippen molar-refractivity contribution < 1.29 is 17.9 Å². The van der Waals surface area contributed by atoms with Crippen molar-refractivity contribution in [2.45, 2.75) is 94.1 Å². The van der Waals surface area contributed by atoms with Crippen LogP contribution in [0.25, 0.3) is 28.1 Å². The first kappa shape index (κ1) is 27.7. The molecule has 3 saturated heterocycles. The number of hydrogen-bond donors (Lipinski definition) is 1. The van der Waals surface area contributed by atoms with E-state index in [0.29, 0.717) is 35.4 Å². The van der Waals surface area contributed by atoms with Crippen LogP contribution in [-0.4, -0.2) is 74.7 Å². The van der Waals surface area contributed by atoms with Crippen LogP contribution in [0.15, 0.2) is 30.3 Å². The minimum atomic E-state index is -3.44. The minimum absolute atomic E-state index is 0.0151. The number of nitrogens with two attached hydrogens (primary N) is 1. The number of sulfonamides is 1. The summed E-state index contributed by atoms with van der Waals surface area (Å²) in [7, 11) is -1.82. The predicted octanol–water partition coefficient (Wildman–Crippen LogP) is 4.24. The number of hydrogen-bond acceptors (Lipinski definition) is 7. The van der Waals surface area contributed by atoms with Gasteiger partial charge in [0.1, 0.15) is 22.8 Å². The third-order valence-corrected chi connectivity index (χ3v) is 13.9. The van der Waals surface area contributed by atoms with Crippen LogP contribution in [0.1, 0.15) is 73.8 Å². The predicted molar refractivity (Wildman–Crippen MR) is 171 cm³/mol. The van der Waals surface area contributed by atoms with Gasteiger partial charge in [-0.1, -0.05) is 0 Å². The highest BCUT2D eigenvalue weighted by atomic mass is 32.2. The van der Waals surface area contributed by atoms with E-state index in [9.17, 15) is 13.2 Å². The van der Waals surface area contributed by atoms with E-state index >= 15 is 0 Å². The minimum Gasteiger partial charge on any atom is -0.482 e. The largest absolute Gasteiger partial charge is 0.482 e. The van der Waals surface area contributed by atoms with E-state index in [0.717, 1.165) is 92.4 Å². The summed E-state index contributed by atoms with van der Waals surface area (Å²) in [5.74, 6) is 1.59. The molecule has 0 aromatic carbocycles. The molecule has 12 heteroatoms. The number of imidazole rings is 1. The fraction of sp³-hybridized carbons (Fsp3) is 0.545. The van der Waals surface area contributed by atoms with E-state index in [1.165, 1.54) is 0 Å². The number of amides is 1. The van der Waals surface area contributed by atoms with Gasteiger partial charge in [-0.05, 0) is 94.9 Å². The van der Waals surface area contributed by atoms with Gasteiger partial charge < -0.3 is 19.9 Å². The number of anilines is 1. The number of pyridine rings is 2. The number of aryl methyl sites for hydroxylation is 1. The van der Waals surface area contributed by atoms with Gasteiger partial charge in [-0.2, -0.15) is 0 Å². The molecule has 45 heavy (non-hydrogen) atoms. The van der Waals surface area contributed by atoms with Crippen LogP contribution in [0, 0.1) is 12.8 Å². The van der Waals surface area contributed by atoms with Crippen molar-refractivity contribution in [1.82, 2.24) is 23.8 Å². The first-order valence-electron chi connectivity index (χ1n) is 16.4. The van der Waals surface area contributed by atoms with Crippen molar-refractivity contribution >= 4 is 38.4 Å². The molecule has 11 nitrogen and oxygen atoms in total. The molecule has 7 heterocycles. The summed E-state index contributed by atoms with van der Waals surface area (Å²) in [5.41, 5.74) is 11.0. The number of rotatable bonds is 6. The van der Waals surface area contributed by atoms with Crippen LogP contribution < -0.4 is 14.8 Å². The Labute approximate surface area is 262 Å². The second-order valence-corrected chi connectivity index (χ2v) is 16.2. The van der Waals surface area contributed by atoms with E-state index in [4.69, 9.17) is 20.4 Å². The highest BCUT2D eigenvalue weighted by Gasteiger charge is 2.58. The molecule has 4 aromatic heterocycles. The molecule has 2 bridgehead atoms. The lowest BCUT2D eigenvalue weighted by Crippen LogP contribution is -2.45. The Balaban J connectivity index is 1.15. The van der Waals surface area contributed by atoms with E-state index in [-0.39, 0.29) is 24.0 Å². The van der Waals surface area contributed by atoms with Crippen molar-refractivity contribution in [1.29, 1.82) is 0 Å². The molecular formula is C33H39N7O4S. The number of nitrogens with zero attached hydrogens (tertiary/aromatic N) is 6. The standard InChI is InChI=1S/C33H39N7O4S/c1-19-30(35-28-15-22(16-29(44-2)39(19)28)32(41)40-23-7-8-25(40)24(34)17-23)26-14-21-6-9-27(36-31(21)37(26)18-20-4-5-20)38-13-3-10-33(11-12-33)45(38,42)43/h6,9,14-16,20,23-25H,3-5,7-8,10-13,17-18,34H2,1-2H3/t23-,24+,25+/m0/s1. The van der Waals surface area contributed by atoms with Crippen LogP contribution in [0.5, 0.6) is 5.88 Å². The number of aromatic nitrogens is 4. The molecule has 1 amide bonds. The second kappa shape index (κ2) is 9.45. The van der Waals surface area contributed by atoms with Crippen molar-refractivity contribution in [3.8, 4) is 17.3 Å². The average molecular weight is 630 g/mol. The van der Waals surface area contributed by atoms with Gasteiger partial charge >= 0.3 is 0 Å². The molecule has 0 radical (unpaired) electrons. The summed E-state index contributed by atoms with van der Waals surface area (Å²) in [4.78, 5) is 25.9. The third kappa shape index (κ3) is 3.97. The molecule has 236 valence electrons. The van der Waals surface area contributed by atoms with Gasteiger partial charge in [0, 0.05) is 48.2 Å². The fourth-order valence-corrected chi connectivity index (χ4v) is 10.6. The average Bonchev–Trinajstić information content (AvgIpc) is 3.88. The Morgan fingerprint density at radius 2 is 1.91 bits per heavy atom. The molecule has 9 rings (SSSR count). The summed E-state index contributed by atoms with van der Waals surface area (Å²) in [6, 6.07) is 9.95. The number of methoxy groups -OCH3 is 1. The van der Waals surface area contributed by atoms with Crippen LogP contribution in [-0.2, 0) is 16.6 Å². The van der Waals surface area contributed by atoms with Crippen LogP contribution >= 0.6 is 0 Å². The maximum Gasteiger partial charge on any atom is 0.254 e. The topological polar surface area (TPSA) is 128 Å². The molecule has 2 aliphatic carbocycles. The van der Waals surface area contributed by atoms with Gasteiger partial charge in [-0.25, -0.2) is 18.4 Å². The summed E-state index contributed by atoms with van der Waals surface area (Å²) >= 11 is 0. The summed E-state index contributed by atoms with van der Waals surface area (Å²) < 4.78 is 38.1. The third-order valence-electron chi connectivity index (χ3n) is 11.2. The summed E-state index contributed by atoms with van der Waals surface area (Å²) in [5, 5.41) is 0.949. The van der Waals surface area contributed by atoms with E-state index in [1.54, 1.807) is 11.4 Å². The number of fused-ring (bicyclic) bond motifs is 4. The van der Waals surface area contributed by atoms with E-state index in [2.05, 4.69) is 10.6 Å². The number of ether oxygens (including phenoxy) is 1.